The number of hydrogen-bond acceptors (Lipinski definition) is 10. The third-order valence-corrected chi connectivity index (χ3v) is 13.7. The largest absolute Gasteiger partial charge is 0.454 e. The molecule has 0 spiro atoms. The summed E-state index contributed by atoms with van der Waals surface area (Å²) in [5.41, 5.74) is 0. The summed E-state index contributed by atoms with van der Waals surface area (Å²) < 4.78 is 17.6. The molecular formula is C60H109NO10. The molecule has 1 aliphatic rings. The first-order valence-electron chi connectivity index (χ1n) is 29.4. The van der Waals surface area contributed by atoms with Crippen molar-refractivity contribution in [1.82, 2.24) is 5.32 Å². The Bertz CT molecular complexity index is 1340. The molecule has 8 atom stereocenters. The summed E-state index contributed by atoms with van der Waals surface area (Å²) in [5.74, 6) is -1.21. The highest BCUT2D eigenvalue weighted by Gasteiger charge is 2.47. The lowest BCUT2D eigenvalue weighted by molar-refractivity contribution is -0.305. The number of rotatable bonds is 49. The summed E-state index contributed by atoms with van der Waals surface area (Å²) in [6.45, 7) is 5.73. The lowest BCUT2D eigenvalue weighted by Gasteiger charge is -2.41. The van der Waals surface area contributed by atoms with Gasteiger partial charge in [0.15, 0.2) is 12.4 Å². The molecule has 0 aromatic heterocycles. The van der Waals surface area contributed by atoms with Crippen molar-refractivity contribution in [2.75, 3.05) is 13.2 Å². The van der Waals surface area contributed by atoms with Gasteiger partial charge in [-0.1, -0.05) is 223 Å². The zero-order chi connectivity index (χ0) is 51.8. The van der Waals surface area contributed by atoms with Crippen LogP contribution in [0.25, 0.3) is 0 Å². The van der Waals surface area contributed by atoms with Crippen LogP contribution in [0, 0.1) is 0 Å². The Labute approximate surface area is 434 Å². The topological polar surface area (TPSA) is 175 Å². The molecule has 11 nitrogen and oxygen atoms in total. The number of carbonyl (C=O) groups is 2. The molecule has 1 saturated heterocycles. The quantitative estimate of drug-likeness (QED) is 0.0149. The van der Waals surface area contributed by atoms with Gasteiger partial charge in [-0.15, -0.1) is 0 Å². The minimum absolute atomic E-state index is 0.117. The maximum atomic E-state index is 13.4. The van der Waals surface area contributed by atoms with Gasteiger partial charge < -0.3 is 45.1 Å². The van der Waals surface area contributed by atoms with Gasteiger partial charge in [0.05, 0.1) is 25.4 Å². The summed E-state index contributed by atoms with van der Waals surface area (Å²) in [5, 5.41) is 56.8. The smallest absolute Gasteiger partial charge is 0.306 e. The third kappa shape index (κ3) is 37.1. The Morgan fingerprint density at radius 3 is 1.49 bits per heavy atom. The van der Waals surface area contributed by atoms with Crippen LogP contribution in [0.1, 0.15) is 258 Å². The number of hydrogen-bond donors (Lipinski definition) is 6. The SMILES string of the molecule is CCCCC/C=C/C=C/CCCCCCCC(O)C(=O)NC(COC1OC(CO)C(O)C(O)C1OC(=O)CCCCCCCCC/C=C\CCCCCC)C(O)/C=C/CCCCCCCCCCCCC. The average Bonchev–Trinajstić information content (AvgIpc) is 3.37. The average molecular weight is 1000 g/mol. The van der Waals surface area contributed by atoms with Crippen LogP contribution in [-0.4, -0.2) is 99.6 Å². The zero-order valence-corrected chi connectivity index (χ0v) is 45.6. The van der Waals surface area contributed by atoms with Crippen molar-refractivity contribution >= 4 is 11.9 Å². The summed E-state index contributed by atoms with van der Waals surface area (Å²) in [4.78, 5) is 26.5. The van der Waals surface area contributed by atoms with Gasteiger partial charge in [-0.05, 0) is 77.0 Å². The molecule has 6 N–H and O–H groups in total. The number of amides is 1. The molecule has 1 rings (SSSR count). The van der Waals surface area contributed by atoms with Crippen LogP contribution in [-0.2, 0) is 23.8 Å². The van der Waals surface area contributed by atoms with Crippen molar-refractivity contribution in [2.24, 2.45) is 0 Å². The van der Waals surface area contributed by atoms with E-state index >= 15 is 0 Å². The summed E-state index contributed by atoms with van der Waals surface area (Å²) in [6.07, 6.45) is 47.1. The second-order valence-electron chi connectivity index (χ2n) is 20.4. The van der Waals surface area contributed by atoms with E-state index in [1.54, 1.807) is 6.08 Å². The molecule has 71 heavy (non-hydrogen) atoms. The molecule has 0 aromatic carbocycles. The first-order chi connectivity index (χ1) is 34.7. The highest BCUT2D eigenvalue weighted by atomic mass is 16.7. The standard InChI is InChI=1S/C60H109NO10/c1-4-7-10-13-16-19-22-25-27-30-33-36-39-42-45-48-55(65)71-58-57(67)56(66)54(49-62)70-60(58)69-50-51(52(63)46-43-40-37-34-31-28-24-21-18-15-12-9-6-3)61-59(68)53(64)47-44-41-38-35-32-29-26-23-20-17-14-11-8-5-2/h17,19-20,22-23,26,43,46,51-54,56-58,60,62-64,66-67H,4-16,18,21,24-25,27-42,44-45,47-50H2,1-3H3,(H,61,68)/b20-17+,22-19-,26-23+,46-43+. The van der Waals surface area contributed by atoms with Crippen molar-refractivity contribution < 1.29 is 49.3 Å². The number of nitrogens with one attached hydrogen (secondary N) is 1. The first-order valence-corrected chi connectivity index (χ1v) is 29.4. The number of aliphatic hydroxyl groups is 5. The van der Waals surface area contributed by atoms with Gasteiger partial charge in [-0.25, -0.2) is 0 Å². The molecule has 1 heterocycles. The van der Waals surface area contributed by atoms with E-state index in [4.69, 9.17) is 14.2 Å². The Kier molecular flexibility index (Phi) is 45.6. The Morgan fingerprint density at radius 2 is 0.972 bits per heavy atom. The highest BCUT2D eigenvalue weighted by molar-refractivity contribution is 5.80. The van der Waals surface area contributed by atoms with Crippen LogP contribution in [0.5, 0.6) is 0 Å². The van der Waals surface area contributed by atoms with Gasteiger partial charge in [-0.3, -0.25) is 9.59 Å². The molecule has 0 aromatic rings. The lowest BCUT2D eigenvalue weighted by Crippen LogP contribution is -2.61. The van der Waals surface area contributed by atoms with Crippen LogP contribution in [0.4, 0.5) is 0 Å². The Hall–Kier alpha value is -2.38. The van der Waals surface area contributed by atoms with E-state index in [-0.39, 0.29) is 19.4 Å². The maximum absolute atomic E-state index is 13.4. The normalized spacial score (nSPS) is 19.9. The zero-order valence-electron chi connectivity index (χ0n) is 45.6. The van der Waals surface area contributed by atoms with Gasteiger partial charge >= 0.3 is 5.97 Å². The molecule has 8 unspecified atom stereocenters. The van der Waals surface area contributed by atoms with Crippen LogP contribution >= 0.6 is 0 Å². The van der Waals surface area contributed by atoms with E-state index in [1.165, 1.54) is 122 Å². The van der Waals surface area contributed by atoms with Crippen molar-refractivity contribution in [3.63, 3.8) is 0 Å². The minimum Gasteiger partial charge on any atom is -0.454 e. The van der Waals surface area contributed by atoms with E-state index in [1.807, 2.05) is 6.08 Å². The van der Waals surface area contributed by atoms with Gasteiger partial charge in [0.1, 0.15) is 24.4 Å². The number of esters is 1. The second-order valence-corrected chi connectivity index (χ2v) is 20.4. The highest BCUT2D eigenvalue weighted by Crippen LogP contribution is 2.26. The molecule has 0 radical (unpaired) electrons. The van der Waals surface area contributed by atoms with Crippen LogP contribution in [0.3, 0.4) is 0 Å². The first kappa shape index (κ1) is 66.6. The minimum atomic E-state index is -1.62. The van der Waals surface area contributed by atoms with E-state index in [2.05, 4.69) is 62.5 Å². The molecule has 414 valence electrons. The monoisotopic (exact) mass is 1000 g/mol. The van der Waals surface area contributed by atoms with Crippen LogP contribution < -0.4 is 5.32 Å². The number of ether oxygens (including phenoxy) is 3. The van der Waals surface area contributed by atoms with Gasteiger partial charge in [-0.2, -0.15) is 0 Å². The summed E-state index contributed by atoms with van der Waals surface area (Å²) >= 11 is 0. The van der Waals surface area contributed by atoms with Crippen molar-refractivity contribution in [3.05, 3.63) is 48.6 Å². The van der Waals surface area contributed by atoms with Crippen molar-refractivity contribution in [1.29, 1.82) is 0 Å². The predicted octanol–water partition coefficient (Wildman–Crippen LogP) is 13.3. The fourth-order valence-corrected chi connectivity index (χ4v) is 8.99. The third-order valence-electron chi connectivity index (χ3n) is 13.7. The van der Waals surface area contributed by atoms with Crippen molar-refractivity contribution in [2.45, 2.75) is 307 Å². The molecule has 11 heteroatoms. The van der Waals surface area contributed by atoms with E-state index in [0.717, 1.165) is 89.9 Å². The summed E-state index contributed by atoms with van der Waals surface area (Å²) in [7, 11) is 0. The molecule has 0 bridgehead atoms. The van der Waals surface area contributed by atoms with Crippen LogP contribution in [0.2, 0.25) is 0 Å². The van der Waals surface area contributed by atoms with Gasteiger partial charge in [0.25, 0.3) is 0 Å². The molecule has 1 fully saturated rings. The number of allylic oxidation sites excluding steroid dienone is 7. The second kappa shape index (κ2) is 48.6. The van der Waals surface area contributed by atoms with Crippen molar-refractivity contribution in [3.8, 4) is 0 Å². The van der Waals surface area contributed by atoms with E-state index in [0.29, 0.717) is 12.8 Å². The molecule has 1 aliphatic heterocycles. The number of aliphatic hydroxyl groups excluding tert-OH is 5. The molecule has 0 aliphatic carbocycles. The number of unbranched alkanes of at least 4 members (excludes halogenated alkanes) is 30. The lowest BCUT2D eigenvalue weighted by atomic mass is 9.99. The maximum Gasteiger partial charge on any atom is 0.306 e. The number of carbonyl (C=O) groups excluding carboxylic acids is 2. The van der Waals surface area contributed by atoms with Crippen LogP contribution in [0.15, 0.2) is 48.6 Å². The molecule has 0 saturated carbocycles. The Balaban J connectivity index is 2.74. The van der Waals surface area contributed by atoms with Gasteiger partial charge in [0.2, 0.25) is 5.91 Å². The fourth-order valence-electron chi connectivity index (χ4n) is 8.99. The summed E-state index contributed by atoms with van der Waals surface area (Å²) in [6, 6.07) is -1.03. The van der Waals surface area contributed by atoms with Gasteiger partial charge in [0, 0.05) is 6.42 Å². The molecular weight excluding hydrogens is 895 g/mol. The molecule has 1 amide bonds. The van der Waals surface area contributed by atoms with E-state index < -0.39 is 67.4 Å². The predicted molar refractivity (Wildman–Crippen MR) is 292 cm³/mol. The van der Waals surface area contributed by atoms with E-state index in [9.17, 15) is 35.1 Å². The Morgan fingerprint density at radius 1 is 0.549 bits per heavy atom. The fraction of sp³-hybridized carbons (Fsp3) is 0.833.